The minimum absolute atomic E-state index is 0.0351. The molecule has 0 aliphatic carbocycles. The quantitative estimate of drug-likeness (QED) is 0.908. The second-order valence-corrected chi connectivity index (χ2v) is 5.98. The van der Waals surface area contributed by atoms with E-state index in [1.165, 1.54) is 0 Å². The standard InChI is InChI=1S/C19H23N3O3/c1-24-16-7-5-15(6-8-16)14-21-19(23)22-12-9-17(10-13-22)25-18-4-2-3-11-20-18/h2-8,11,17H,9-10,12-14H2,1H3,(H,21,23). The Kier molecular flexibility index (Phi) is 5.72. The van der Waals surface area contributed by atoms with Crippen molar-refractivity contribution in [2.45, 2.75) is 25.5 Å². The summed E-state index contributed by atoms with van der Waals surface area (Å²) < 4.78 is 11.0. The minimum atomic E-state index is -0.0351. The van der Waals surface area contributed by atoms with Crippen molar-refractivity contribution in [2.24, 2.45) is 0 Å². The van der Waals surface area contributed by atoms with Gasteiger partial charge in [-0.25, -0.2) is 9.78 Å². The van der Waals surface area contributed by atoms with Crippen LogP contribution in [0.1, 0.15) is 18.4 Å². The molecule has 1 aromatic heterocycles. The van der Waals surface area contributed by atoms with Crippen LogP contribution in [0.4, 0.5) is 4.79 Å². The number of aromatic nitrogens is 1. The van der Waals surface area contributed by atoms with Crippen LogP contribution < -0.4 is 14.8 Å². The van der Waals surface area contributed by atoms with Gasteiger partial charge in [-0.3, -0.25) is 0 Å². The van der Waals surface area contributed by atoms with Crippen LogP contribution in [0.25, 0.3) is 0 Å². The molecule has 2 heterocycles. The lowest BCUT2D eigenvalue weighted by atomic mass is 10.1. The van der Waals surface area contributed by atoms with Gasteiger partial charge in [0.1, 0.15) is 11.9 Å². The number of rotatable bonds is 5. The summed E-state index contributed by atoms with van der Waals surface area (Å²) in [6, 6.07) is 13.3. The van der Waals surface area contributed by atoms with E-state index in [1.807, 2.05) is 47.4 Å². The van der Waals surface area contributed by atoms with E-state index in [2.05, 4.69) is 10.3 Å². The summed E-state index contributed by atoms with van der Waals surface area (Å²) in [5.41, 5.74) is 1.04. The molecule has 132 valence electrons. The maximum atomic E-state index is 12.3. The number of methoxy groups -OCH3 is 1. The van der Waals surface area contributed by atoms with E-state index in [-0.39, 0.29) is 12.1 Å². The summed E-state index contributed by atoms with van der Waals surface area (Å²) in [6.45, 7) is 1.88. The number of likely N-dealkylation sites (tertiary alicyclic amines) is 1. The van der Waals surface area contributed by atoms with E-state index in [0.29, 0.717) is 25.5 Å². The Balaban J connectivity index is 1.41. The van der Waals surface area contributed by atoms with Crippen LogP contribution in [0.2, 0.25) is 0 Å². The van der Waals surface area contributed by atoms with E-state index in [9.17, 15) is 4.79 Å². The van der Waals surface area contributed by atoms with E-state index in [0.717, 1.165) is 24.2 Å². The highest BCUT2D eigenvalue weighted by molar-refractivity contribution is 5.74. The lowest BCUT2D eigenvalue weighted by Gasteiger charge is -2.31. The molecule has 1 aliphatic heterocycles. The third-order valence-corrected chi connectivity index (χ3v) is 4.26. The van der Waals surface area contributed by atoms with Gasteiger partial charge in [0, 0.05) is 44.7 Å². The predicted octanol–water partition coefficient (Wildman–Crippen LogP) is 2.84. The Morgan fingerprint density at radius 2 is 1.96 bits per heavy atom. The fraction of sp³-hybridized carbons (Fsp3) is 0.368. The molecule has 6 heteroatoms. The van der Waals surface area contributed by atoms with Crippen molar-refractivity contribution < 1.29 is 14.3 Å². The lowest BCUT2D eigenvalue weighted by molar-refractivity contribution is 0.107. The highest BCUT2D eigenvalue weighted by Gasteiger charge is 2.23. The molecular weight excluding hydrogens is 318 g/mol. The zero-order valence-corrected chi connectivity index (χ0v) is 14.4. The first-order chi connectivity index (χ1) is 12.2. The first kappa shape index (κ1) is 17.1. The summed E-state index contributed by atoms with van der Waals surface area (Å²) in [6.07, 6.45) is 3.46. The van der Waals surface area contributed by atoms with Gasteiger partial charge in [-0.05, 0) is 23.8 Å². The zero-order chi connectivity index (χ0) is 17.5. The second-order valence-electron chi connectivity index (χ2n) is 5.98. The number of nitrogens with zero attached hydrogens (tertiary/aromatic N) is 2. The van der Waals surface area contributed by atoms with E-state index < -0.39 is 0 Å². The van der Waals surface area contributed by atoms with Crippen LogP contribution in [0.15, 0.2) is 48.7 Å². The summed E-state index contributed by atoms with van der Waals surface area (Å²) in [7, 11) is 1.64. The number of carbonyl (C=O) groups excluding carboxylic acids is 1. The van der Waals surface area contributed by atoms with Crippen molar-refractivity contribution in [1.29, 1.82) is 0 Å². The number of piperidine rings is 1. The third kappa shape index (κ3) is 4.86. The molecule has 2 amide bonds. The van der Waals surface area contributed by atoms with Crippen molar-refractivity contribution in [3.05, 3.63) is 54.2 Å². The molecule has 0 atom stereocenters. The summed E-state index contributed by atoms with van der Waals surface area (Å²) in [5.74, 6) is 1.45. The van der Waals surface area contributed by atoms with Gasteiger partial charge in [0.15, 0.2) is 0 Å². The van der Waals surface area contributed by atoms with Crippen LogP contribution in [-0.4, -0.2) is 42.2 Å². The maximum absolute atomic E-state index is 12.3. The molecule has 1 aromatic carbocycles. The fourth-order valence-corrected chi connectivity index (χ4v) is 2.80. The molecule has 1 aliphatic rings. The van der Waals surface area contributed by atoms with Crippen molar-refractivity contribution in [1.82, 2.24) is 15.2 Å². The molecule has 1 saturated heterocycles. The highest BCUT2D eigenvalue weighted by Crippen LogP contribution is 2.17. The van der Waals surface area contributed by atoms with Crippen LogP contribution in [0.3, 0.4) is 0 Å². The molecule has 1 fully saturated rings. The predicted molar refractivity (Wildman–Crippen MR) is 94.7 cm³/mol. The molecule has 6 nitrogen and oxygen atoms in total. The topological polar surface area (TPSA) is 63.7 Å². The number of hydrogen-bond acceptors (Lipinski definition) is 4. The van der Waals surface area contributed by atoms with Gasteiger partial charge in [-0.1, -0.05) is 18.2 Å². The Morgan fingerprint density at radius 3 is 2.60 bits per heavy atom. The van der Waals surface area contributed by atoms with Crippen molar-refractivity contribution in [2.75, 3.05) is 20.2 Å². The maximum Gasteiger partial charge on any atom is 0.317 e. The van der Waals surface area contributed by atoms with Crippen LogP contribution in [0, 0.1) is 0 Å². The lowest BCUT2D eigenvalue weighted by Crippen LogP contribution is -2.46. The molecule has 0 spiro atoms. The Bertz CT molecular complexity index is 668. The molecule has 25 heavy (non-hydrogen) atoms. The second kappa shape index (κ2) is 8.37. The highest BCUT2D eigenvalue weighted by atomic mass is 16.5. The van der Waals surface area contributed by atoms with Crippen molar-refractivity contribution in [3.63, 3.8) is 0 Å². The first-order valence-electron chi connectivity index (χ1n) is 8.48. The zero-order valence-electron chi connectivity index (χ0n) is 14.4. The monoisotopic (exact) mass is 341 g/mol. The molecule has 3 rings (SSSR count). The molecule has 2 aromatic rings. The van der Waals surface area contributed by atoms with Gasteiger partial charge in [0.2, 0.25) is 5.88 Å². The summed E-state index contributed by atoms with van der Waals surface area (Å²) in [4.78, 5) is 18.3. The van der Waals surface area contributed by atoms with Gasteiger partial charge in [0.25, 0.3) is 0 Å². The average molecular weight is 341 g/mol. The first-order valence-corrected chi connectivity index (χ1v) is 8.48. The summed E-state index contributed by atoms with van der Waals surface area (Å²) >= 11 is 0. The van der Waals surface area contributed by atoms with Gasteiger partial charge >= 0.3 is 6.03 Å². The van der Waals surface area contributed by atoms with E-state index in [1.54, 1.807) is 13.3 Å². The molecule has 0 bridgehead atoms. The number of urea groups is 1. The number of hydrogen-bond donors (Lipinski definition) is 1. The van der Waals surface area contributed by atoms with Crippen LogP contribution in [0.5, 0.6) is 11.6 Å². The number of nitrogens with one attached hydrogen (secondary N) is 1. The van der Waals surface area contributed by atoms with Crippen molar-refractivity contribution in [3.8, 4) is 11.6 Å². The Labute approximate surface area is 147 Å². The van der Waals surface area contributed by atoms with Crippen LogP contribution in [-0.2, 0) is 6.54 Å². The van der Waals surface area contributed by atoms with Crippen molar-refractivity contribution >= 4 is 6.03 Å². The summed E-state index contributed by atoms with van der Waals surface area (Å²) in [5, 5.41) is 2.96. The number of carbonyl (C=O) groups is 1. The van der Waals surface area contributed by atoms with E-state index in [4.69, 9.17) is 9.47 Å². The van der Waals surface area contributed by atoms with Crippen LogP contribution >= 0.6 is 0 Å². The van der Waals surface area contributed by atoms with Gasteiger partial charge in [-0.15, -0.1) is 0 Å². The van der Waals surface area contributed by atoms with Gasteiger partial charge in [-0.2, -0.15) is 0 Å². The number of pyridine rings is 1. The average Bonchev–Trinajstić information content (AvgIpc) is 2.68. The normalized spacial score (nSPS) is 14.8. The molecule has 0 unspecified atom stereocenters. The Morgan fingerprint density at radius 1 is 1.20 bits per heavy atom. The fourth-order valence-electron chi connectivity index (χ4n) is 2.80. The number of ether oxygens (including phenoxy) is 2. The molecule has 0 saturated carbocycles. The SMILES string of the molecule is COc1ccc(CNC(=O)N2CCC(Oc3ccccn3)CC2)cc1. The van der Waals surface area contributed by atoms with Gasteiger partial charge in [0.05, 0.1) is 7.11 Å². The van der Waals surface area contributed by atoms with E-state index >= 15 is 0 Å². The molecular formula is C19H23N3O3. The molecule has 0 radical (unpaired) electrons. The number of benzene rings is 1. The third-order valence-electron chi connectivity index (χ3n) is 4.26. The number of amides is 2. The Hall–Kier alpha value is -2.76. The van der Waals surface area contributed by atoms with Gasteiger partial charge < -0.3 is 19.7 Å². The molecule has 1 N–H and O–H groups in total. The smallest absolute Gasteiger partial charge is 0.317 e. The minimum Gasteiger partial charge on any atom is -0.497 e. The largest absolute Gasteiger partial charge is 0.497 e.